The molecule has 1 aromatic carbocycles. The normalized spacial score (nSPS) is 20.7. The fourth-order valence-corrected chi connectivity index (χ4v) is 6.42. The average molecular weight is 462 g/mol. The Morgan fingerprint density at radius 2 is 1.74 bits per heavy atom. The number of hydrogen-bond donors (Lipinski definition) is 1. The van der Waals surface area contributed by atoms with Gasteiger partial charge in [0.1, 0.15) is 0 Å². The van der Waals surface area contributed by atoms with Crippen LogP contribution >= 0.6 is 24.2 Å². The van der Waals surface area contributed by atoms with Crippen LogP contribution in [0.5, 0.6) is 0 Å². The molecular weight excluding hydrogens is 430 g/mol. The summed E-state index contributed by atoms with van der Waals surface area (Å²) in [5.74, 6) is 1.93. The number of halogens is 1. The summed E-state index contributed by atoms with van der Waals surface area (Å²) in [5.41, 5.74) is 3.65. The van der Waals surface area contributed by atoms with E-state index < -0.39 is 0 Å². The molecule has 1 saturated carbocycles. The Hall–Kier alpha value is -1.50. The Morgan fingerprint density at radius 3 is 2.48 bits per heavy atom. The molecule has 1 aliphatic carbocycles. The van der Waals surface area contributed by atoms with Crippen molar-refractivity contribution in [1.82, 2.24) is 14.8 Å². The number of amides is 1. The molecule has 2 aliphatic heterocycles. The molecule has 7 heteroatoms. The number of thioether (sulfide) groups is 1. The highest BCUT2D eigenvalue weighted by molar-refractivity contribution is 7.98. The van der Waals surface area contributed by atoms with Crippen molar-refractivity contribution in [3.05, 3.63) is 45.2 Å². The molecule has 1 amide bonds. The fourth-order valence-electron chi connectivity index (χ4n) is 5.42. The van der Waals surface area contributed by atoms with Crippen LogP contribution in [-0.4, -0.2) is 58.7 Å². The van der Waals surface area contributed by atoms with Crippen LogP contribution in [0.3, 0.4) is 0 Å². The number of nitrogens with one attached hydrogen (secondary N) is 1. The van der Waals surface area contributed by atoms with Gasteiger partial charge in [-0.3, -0.25) is 14.5 Å². The number of pyridine rings is 1. The molecule has 3 heterocycles. The van der Waals surface area contributed by atoms with Crippen LogP contribution in [0.1, 0.15) is 60.0 Å². The van der Waals surface area contributed by atoms with Crippen molar-refractivity contribution >= 4 is 41.0 Å². The smallest absolute Gasteiger partial charge is 0.253 e. The second kappa shape index (κ2) is 9.97. The largest absolute Gasteiger partial charge is 0.336 e. The lowest BCUT2D eigenvalue weighted by Crippen LogP contribution is -2.51. The van der Waals surface area contributed by atoms with Gasteiger partial charge in [0.05, 0.1) is 0 Å². The molecule has 2 fully saturated rings. The van der Waals surface area contributed by atoms with Crippen molar-refractivity contribution in [3.8, 4) is 0 Å². The Morgan fingerprint density at radius 1 is 1.00 bits per heavy atom. The maximum absolute atomic E-state index is 13.2. The van der Waals surface area contributed by atoms with Crippen molar-refractivity contribution < 1.29 is 4.79 Å². The van der Waals surface area contributed by atoms with E-state index in [1.165, 1.54) is 38.5 Å². The minimum atomic E-state index is 0. The zero-order chi connectivity index (χ0) is 20.5. The van der Waals surface area contributed by atoms with Crippen LogP contribution in [0.25, 0.3) is 10.9 Å². The summed E-state index contributed by atoms with van der Waals surface area (Å²) >= 11 is 1.81. The summed E-state index contributed by atoms with van der Waals surface area (Å²) in [6.45, 7) is 3.61. The standard InChI is InChI=1S/C24H31N3O2S.ClH/c28-23-21-16-30-14-9-19(21)20-15-17(7-8-22(20)25-23)24(29)27-12-10-26(11-13-27)18-5-3-1-2-4-6-18;/h7-8,15,18H,1-6,9-14,16H2,(H,25,28);1H. The Balaban J connectivity index is 0.00000231. The van der Waals surface area contributed by atoms with Crippen LogP contribution in [0, 0.1) is 0 Å². The number of aromatic amines is 1. The predicted octanol–water partition coefficient (Wildman–Crippen LogP) is 4.22. The number of H-pyrrole nitrogens is 1. The Labute approximate surface area is 194 Å². The third-order valence-electron chi connectivity index (χ3n) is 7.16. The van der Waals surface area contributed by atoms with Crippen molar-refractivity contribution in [2.45, 2.75) is 56.7 Å². The van der Waals surface area contributed by atoms with E-state index in [1.54, 1.807) is 11.8 Å². The first kappa shape index (κ1) is 22.7. The van der Waals surface area contributed by atoms with E-state index in [4.69, 9.17) is 0 Å². The first-order valence-electron chi connectivity index (χ1n) is 11.5. The maximum Gasteiger partial charge on any atom is 0.253 e. The molecule has 0 atom stereocenters. The van der Waals surface area contributed by atoms with Crippen LogP contribution in [-0.2, 0) is 12.2 Å². The van der Waals surface area contributed by atoms with E-state index in [0.717, 1.165) is 71.7 Å². The molecular formula is C24H32ClN3O2S. The van der Waals surface area contributed by atoms with E-state index >= 15 is 0 Å². The quantitative estimate of drug-likeness (QED) is 0.680. The molecule has 0 spiro atoms. The predicted molar refractivity (Wildman–Crippen MR) is 131 cm³/mol. The number of aryl methyl sites for hydroxylation is 1. The maximum atomic E-state index is 13.2. The number of rotatable bonds is 2. The summed E-state index contributed by atoms with van der Waals surface area (Å²) in [5, 5.41) is 1.05. The van der Waals surface area contributed by atoms with E-state index in [0.29, 0.717) is 6.04 Å². The van der Waals surface area contributed by atoms with Crippen LogP contribution in [0.4, 0.5) is 0 Å². The van der Waals surface area contributed by atoms with Gasteiger partial charge < -0.3 is 9.88 Å². The first-order valence-corrected chi connectivity index (χ1v) is 12.6. The lowest BCUT2D eigenvalue weighted by molar-refractivity contribution is 0.0551. The third-order valence-corrected chi connectivity index (χ3v) is 8.15. The highest BCUT2D eigenvalue weighted by atomic mass is 35.5. The lowest BCUT2D eigenvalue weighted by atomic mass is 9.99. The molecule has 0 radical (unpaired) electrons. The second-order valence-electron chi connectivity index (χ2n) is 8.95. The number of nitrogens with zero attached hydrogens (tertiary/aromatic N) is 2. The minimum absolute atomic E-state index is 0. The first-order chi connectivity index (χ1) is 14.7. The summed E-state index contributed by atoms with van der Waals surface area (Å²) in [6, 6.07) is 6.52. The van der Waals surface area contributed by atoms with Crippen molar-refractivity contribution in [2.75, 3.05) is 31.9 Å². The molecule has 2 aromatic rings. The Kier molecular flexibility index (Phi) is 7.29. The molecule has 5 nitrogen and oxygen atoms in total. The molecule has 3 aliphatic rings. The highest BCUT2D eigenvalue weighted by Gasteiger charge is 2.27. The molecule has 0 bridgehead atoms. The van der Waals surface area contributed by atoms with E-state index in [9.17, 15) is 9.59 Å². The van der Waals surface area contributed by atoms with E-state index in [1.807, 2.05) is 23.1 Å². The van der Waals surface area contributed by atoms with Gasteiger partial charge in [0.15, 0.2) is 0 Å². The topological polar surface area (TPSA) is 56.4 Å². The van der Waals surface area contributed by atoms with Gasteiger partial charge in [-0.05, 0) is 48.8 Å². The number of hydrogen-bond acceptors (Lipinski definition) is 4. The Bertz CT molecular complexity index is 992. The summed E-state index contributed by atoms with van der Waals surface area (Å²) in [7, 11) is 0. The molecule has 1 aromatic heterocycles. The van der Waals surface area contributed by atoms with E-state index in [2.05, 4.69) is 9.88 Å². The number of carbonyl (C=O) groups is 1. The molecule has 0 unspecified atom stereocenters. The summed E-state index contributed by atoms with van der Waals surface area (Å²) < 4.78 is 0. The van der Waals surface area contributed by atoms with Gasteiger partial charge >= 0.3 is 0 Å². The van der Waals surface area contributed by atoms with Crippen LogP contribution in [0.15, 0.2) is 23.0 Å². The zero-order valence-corrected chi connectivity index (χ0v) is 19.7. The lowest BCUT2D eigenvalue weighted by Gasteiger charge is -2.39. The van der Waals surface area contributed by atoms with Gasteiger partial charge in [0, 0.05) is 60.0 Å². The van der Waals surface area contributed by atoms with Gasteiger partial charge in [-0.15, -0.1) is 12.4 Å². The number of benzene rings is 1. The van der Waals surface area contributed by atoms with Crippen LogP contribution < -0.4 is 5.56 Å². The SMILES string of the molecule is Cl.O=C(c1ccc2[nH]c(=O)c3c(c2c1)CCSC3)N1CCN(C2CCCCCC2)CC1. The van der Waals surface area contributed by atoms with Crippen molar-refractivity contribution in [3.63, 3.8) is 0 Å². The van der Waals surface area contributed by atoms with Gasteiger partial charge in [-0.2, -0.15) is 11.8 Å². The van der Waals surface area contributed by atoms with Gasteiger partial charge in [0.25, 0.3) is 11.5 Å². The van der Waals surface area contributed by atoms with Crippen molar-refractivity contribution in [2.24, 2.45) is 0 Å². The minimum Gasteiger partial charge on any atom is -0.336 e. The molecule has 5 rings (SSSR count). The zero-order valence-electron chi connectivity index (χ0n) is 18.0. The van der Waals surface area contributed by atoms with Crippen molar-refractivity contribution in [1.29, 1.82) is 0 Å². The van der Waals surface area contributed by atoms with Gasteiger partial charge in [-0.1, -0.05) is 25.7 Å². The van der Waals surface area contributed by atoms with Gasteiger partial charge in [0.2, 0.25) is 0 Å². The molecule has 1 N–H and O–H groups in total. The molecule has 1 saturated heterocycles. The highest BCUT2D eigenvalue weighted by Crippen LogP contribution is 2.29. The van der Waals surface area contributed by atoms with Gasteiger partial charge in [-0.25, -0.2) is 0 Å². The summed E-state index contributed by atoms with van der Waals surface area (Å²) in [4.78, 5) is 33.3. The third kappa shape index (κ3) is 4.67. The van der Waals surface area contributed by atoms with Crippen LogP contribution in [0.2, 0.25) is 0 Å². The second-order valence-corrected chi connectivity index (χ2v) is 10.1. The number of piperazine rings is 1. The van der Waals surface area contributed by atoms with E-state index in [-0.39, 0.29) is 23.9 Å². The number of aromatic nitrogens is 1. The number of carbonyl (C=O) groups excluding carboxylic acids is 1. The monoisotopic (exact) mass is 461 g/mol. The fraction of sp³-hybridized carbons (Fsp3) is 0.583. The molecule has 31 heavy (non-hydrogen) atoms. The molecule has 168 valence electrons. The number of fused-ring (bicyclic) bond motifs is 3. The average Bonchev–Trinajstić information content (AvgIpc) is 3.08. The summed E-state index contributed by atoms with van der Waals surface area (Å²) in [6.07, 6.45) is 9.01.